The van der Waals surface area contributed by atoms with Crippen molar-refractivity contribution in [3.63, 3.8) is 0 Å². The maximum Gasteiger partial charge on any atom is 0.497 e. The molecule has 0 saturated carbocycles. The first-order chi connectivity index (χ1) is 4.31. The van der Waals surface area contributed by atoms with Crippen molar-refractivity contribution in [2.24, 2.45) is 0 Å². The Kier molecular flexibility index (Phi) is 5.30. The minimum absolute atomic E-state index is 0.374. The lowest BCUT2D eigenvalue weighted by atomic mass is 10.8. The summed E-state index contributed by atoms with van der Waals surface area (Å²) in [6, 6.07) is 0. The van der Waals surface area contributed by atoms with Crippen LogP contribution in [-0.2, 0) is 18.6 Å². The van der Waals surface area contributed by atoms with E-state index in [1.165, 1.54) is 0 Å². The topological polar surface area (TPSA) is 72.8 Å². The van der Waals surface area contributed by atoms with Crippen LogP contribution in [0.3, 0.4) is 0 Å². The maximum atomic E-state index is 10.0. The Hall–Kier alpha value is -0.510. The fraction of sp³-hybridized carbons (Fsp3) is 0.667. The molecule has 0 aliphatic rings. The van der Waals surface area contributed by atoms with Gasteiger partial charge in [-0.1, -0.05) is 0 Å². The van der Waals surface area contributed by atoms with Gasteiger partial charge in [-0.05, 0) is 4.57 Å². The Morgan fingerprint density at radius 1 is 1.67 bits per heavy atom. The third-order valence-electron chi connectivity index (χ3n) is 0.467. The van der Waals surface area contributed by atoms with Crippen LogP contribution in [0.1, 0.15) is 0 Å². The summed E-state index contributed by atoms with van der Waals surface area (Å²) in [5.74, 6) is -0.798. The van der Waals surface area contributed by atoms with Crippen LogP contribution in [0.15, 0.2) is 0 Å². The molecule has 0 aromatic heterocycles. The average Bonchev–Trinajstić information content (AvgIpc) is 1.89. The predicted octanol–water partition coefficient (Wildman–Crippen LogP) is -0.565. The molecule has 1 unspecified atom stereocenters. The second-order valence-electron chi connectivity index (χ2n) is 1.02. The second-order valence-corrected chi connectivity index (χ2v) is 1.48. The molecule has 0 rings (SSSR count). The zero-order valence-corrected chi connectivity index (χ0v) is 5.49. The number of ether oxygens (including phenoxy) is 1. The van der Waals surface area contributed by atoms with Gasteiger partial charge in [-0.15, -0.1) is 4.52 Å². The first-order valence-corrected chi connectivity index (χ1v) is 2.88. The van der Waals surface area contributed by atoms with Crippen LogP contribution in [0.5, 0.6) is 0 Å². The summed E-state index contributed by atoms with van der Waals surface area (Å²) in [4.78, 5) is 10.0. The first kappa shape index (κ1) is 8.49. The van der Waals surface area contributed by atoms with Gasteiger partial charge in [0, 0.05) is 0 Å². The number of esters is 1. The molecule has 5 nitrogen and oxygen atoms in total. The number of hydrogen-bond acceptors (Lipinski definition) is 5. The molecule has 0 heterocycles. The Balaban J connectivity index is 3.06. The van der Waals surface area contributed by atoms with Crippen LogP contribution in [-0.4, -0.2) is 24.5 Å². The van der Waals surface area contributed by atoms with Gasteiger partial charge in [0.1, 0.15) is 6.61 Å². The summed E-state index contributed by atoms with van der Waals surface area (Å²) in [5.41, 5.74) is 0. The summed E-state index contributed by atoms with van der Waals surface area (Å²) >= 11 is 0. The van der Waals surface area contributed by atoms with E-state index >= 15 is 0 Å². The van der Waals surface area contributed by atoms with Gasteiger partial charge >= 0.3 is 14.7 Å². The molecule has 1 N–H and O–H groups in total. The zero-order valence-electron chi connectivity index (χ0n) is 4.49. The van der Waals surface area contributed by atoms with E-state index in [1.54, 1.807) is 0 Å². The van der Waals surface area contributed by atoms with E-state index in [0.29, 0.717) is 0 Å². The lowest BCUT2D eigenvalue weighted by molar-refractivity contribution is -0.153. The van der Waals surface area contributed by atoms with Crippen LogP contribution in [0.2, 0.25) is 0 Å². The Bertz CT molecular complexity index is 102. The Morgan fingerprint density at radius 2 is 2.33 bits per heavy atom. The SMILES string of the molecule is O=[PH+]OCOC(=O)CO. The van der Waals surface area contributed by atoms with E-state index in [1.807, 2.05) is 0 Å². The van der Waals surface area contributed by atoms with Gasteiger partial charge in [-0.25, -0.2) is 4.79 Å². The summed E-state index contributed by atoms with van der Waals surface area (Å²) in [5, 5.41) is 8.03. The lowest BCUT2D eigenvalue weighted by Crippen LogP contribution is -2.09. The van der Waals surface area contributed by atoms with Gasteiger partial charge in [0.25, 0.3) is 0 Å². The number of rotatable bonds is 4. The summed E-state index contributed by atoms with van der Waals surface area (Å²) in [6.07, 6.45) is 0. The smallest absolute Gasteiger partial charge is 0.432 e. The van der Waals surface area contributed by atoms with Crippen molar-refractivity contribution in [2.75, 3.05) is 13.4 Å². The number of carbonyl (C=O) groups is 1. The molecule has 0 saturated heterocycles. The van der Waals surface area contributed by atoms with Crippen LogP contribution in [0.4, 0.5) is 0 Å². The van der Waals surface area contributed by atoms with Gasteiger partial charge < -0.3 is 9.84 Å². The monoisotopic (exact) mass is 153 g/mol. The Morgan fingerprint density at radius 3 is 2.78 bits per heavy atom. The minimum atomic E-state index is -0.950. The van der Waals surface area contributed by atoms with E-state index in [4.69, 9.17) is 5.11 Å². The third-order valence-corrected chi connectivity index (χ3v) is 0.703. The molecule has 1 atom stereocenters. The molecular formula is C3H6O5P+. The van der Waals surface area contributed by atoms with Gasteiger partial charge in [0.2, 0.25) is 6.79 Å². The highest BCUT2D eigenvalue weighted by Crippen LogP contribution is 1.92. The van der Waals surface area contributed by atoms with Crippen LogP contribution < -0.4 is 0 Å². The average molecular weight is 153 g/mol. The van der Waals surface area contributed by atoms with Crippen molar-refractivity contribution < 1.29 is 23.7 Å². The molecule has 52 valence electrons. The number of carbonyl (C=O) groups excluding carboxylic acids is 1. The van der Waals surface area contributed by atoms with E-state index in [-0.39, 0.29) is 6.79 Å². The maximum absolute atomic E-state index is 10.0. The van der Waals surface area contributed by atoms with E-state index in [9.17, 15) is 9.36 Å². The Labute approximate surface area is 52.9 Å². The molecule has 0 aliphatic carbocycles. The first-order valence-electron chi connectivity index (χ1n) is 2.06. The van der Waals surface area contributed by atoms with Crippen molar-refractivity contribution in [1.82, 2.24) is 0 Å². The highest BCUT2D eigenvalue weighted by atomic mass is 31.1. The lowest BCUT2D eigenvalue weighted by Gasteiger charge is -1.93. The molecule has 0 amide bonds. The predicted molar refractivity (Wildman–Crippen MR) is 28.1 cm³/mol. The summed E-state index contributed by atoms with van der Waals surface area (Å²) in [7, 11) is -0.950. The van der Waals surface area contributed by atoms with Crippen molar-refractivity contribution in [3.8, 4) is 0 Å². The number of aliphatic hydroxyl groups is 1. The van der Waals surface area contributed by atoms with Crippen molar-refractivity contribution >= 4 is 14.7 Å². The molecule has 0 spiro atoms. The molecule has 0 aromatic carbocycles. The van der Waals surface area contributed by atoms with Crippen LogP contribution >= 0.6 is 8.69 Å². The van der Waals surface area contributed by atoms with Gasteiger partial charge in [-0.3, -0.25) is 0 Å². The minimum Gasteiger partial charge on any atom is -0.432 e. The molecule has 0 aromatic rings. The highest BCUT2D eigenvalue weighted by molar-refractivity contribution is 7.17. The molecule has 0 bridgehead atoms. The normalized spacial score (nSPS) is 9.44. The highest BCUT2D eigenvalue weighted by Gasteiger charge is 1.99. The quantitative estimate of drug-likeness (QED) is 0.253. The fourth-order valence-corrected chi connectivity index (χ4v) is 0.272. The van der Waals surface area contributed by atoms with E-state index in [2.05, 4.69) is 9.26 Å². The van der Waals surface area contributed by atoms with Crippen molar-refractivity contribution in [2.45, 2.75) is 0 Å². The molecule has 9 heavy (non-hydrogen) atoms. The van der Waals surface area contributed by atoms with Crippen LogP contribution in [0.25, 0.3) is 0 Å². The van der Waals surface area contributed by atoms with Crippen molar-refractivity contribution in [1.29, 1.82) is 0 Å². The molecule has 0 radical (unpaired) electrons. The fourth-order valence-electron chi connectivity index (χ4n) is 0.165. The van der Waals surface area contributed by atoms with Gasteiger partial charge in [-0.2, -0.15) is 0 Å². The summed E-state index contributed by atoms with van der Waals surface area (Å²) in [6.45, 7) is -1.06. The van der Waals surface area contributed by atoms with Crippen molar-refractivity contribution in [3.05, 3.63) is 0 Å². The zero-order chi connectivity index (χ0) is 7.11. The van der Waals surface area contributed by atoms with E-state index in [0.717, 1.165) is 0 Å². The number of hydrogen-bond donors (Lipinski definition) is 1. The molecular weight excluding hydrogens is 147 g/mol. The largest absolute Gasteiger partial charge is 0.497 e. The van der Waals surface area contributed by atoms with Gasteiger partial charge in [0.05, 0.1) is 0 Å². The van der Waals surface area contributed by atoms with Crippen LogP contribution in [0, 0.1) is 0 Å². The standard InChI is InChI=1S/C3H6O5P/c4-1-3(5)7-2-8-9-6/h4,9H,1-2H2/q+1. The van der Waals surface area contributed by atoms with Gasteiger partial charge in [0.15, 0.2) is 0 Å². The summed E-state index contributed by atoms with van der Waals surface area (Å²) < 4.78 is 17.8. The molecule has 6 heteroatoms. The number of aliphatic hydroxyl groups excluding tert-OH is 1. The second kappa shape index (κ2) is 5.62. The molecule has 0 aliphatic heterocycles. The third kappa shape index (κ3) is 5.36. The van der Waals surface area contributed by atoms with E-state index < -0.39 is 21.3 Å². The molecule has 0 fully saturated rings.